The number of para-hydroxylation sites is 1. The van der Waals surface area contributed by atoms with Gasteiger partial charge in [-0.15, -0.1) is 0 Å². The molecule has 0 radical (unpaired) electrons. The Morgan fingerprint density at radius 1 is 1.31 bits per heavy atom. The third-order valence-corrected chi connectivity index (χ3v) is 1.58. The van der Waals surface area contributed by atoms with E-state index in [0.29, 0.717) is 0 Å². The Morgan fingerprint density at radius 2 is 1.92 bits per heavy atom. The molecule has 3 N–H and O–H groups in total. The lowest BCUT2D eigenvalue weighted by Crippen LogP contribution is -1.87. The quantitative estimate of drug-likeness (QED) is 0.605. The fourth-order valence-corrected chi connectivity index (χ4v) is 1.07. The van der Waals surface area contributed by atoms with Crippen molar-refractivity contribution in [1.29, 1.82) is 0 Å². The molecule has 0 fully saturated rings. The molecule has 70 valence electrons. The SMILES string of the molecule is CCN.On1ccc2ccccc21. The van der Waals surface area contributed by atoms with Crippen molar-refractivity contribution in [3.8, 4) is 0 Å². The minimum Gasteiger partial charge on any atom is -0.428 e. The first-order chi connectivity index (χ1) is 6.29. The van der Waals surface area contributed by atoms with Crippen molar-refractivity contribution in [1.82, 2.24) is 4.73 Å². The number of hydrogen-bond acceptors (Lipinski definition) is 2. The molecule has 1 heterocycles. The van der Waals surface area contributed by atoms with Crippen LogP contribution >= 0.6 is 0 Å². The van der Waals surface area contributed by atoms with Gasteiger partial charge in [-0.05, 0) is 18.7 Å². The van der Waals surface area contributed by atoms with E-state index >= 15 is 0 Å². The molecule has 0 spiro atoms. The molecule has 0 aliphatic rings. The van der Waals surface area contributed by atoms with E-state index in [9.17, 15) is 0 Å². The smallest absolute Gasteiger partial charge is 0.0865 e. The maximum absolute atomic E-state index is 9.13. The maximum Gasteiger partial charge on any atom is 0.0865 e. The van der Waals surface area contributed by atoms with Gasteiger partial charge in [-0.2, -0.15) is 4.73 Å². The summed E-state index contributed by atoms with van der Waals surface area (Å²) in [4.78, 5) is 0. The Bertz CT molecular complexity index is 368. The van der Waals surface area contributed by atoms with E-state index in [1.807, 2.05) is 37.3 Å². The lowest BCUT2D eigenvalue weighted by atomic mass is 10.3. The molecule has 0 bridgehead atoms. The van der Waals surface area contributed by atoms with Crippen molar-refractivity contribution in [2.45, 2.75) is 6.92 Å². The van der Waals surface area contributed by atoms with Crippen molar-refractivity contribution >= 4 is 10.9 Å². The van der Waals surface area contributed by atoms with Gasteiger partial charge in [-0.3, -0.25) is 0 Å². The molecule has 13 heavy (non-hydrogen) atoms. The molecule has 0 saturated heterocycles. The molecule has 1 aromatic carbocycles. The first kappa shape index (κ1) is 9.61. The largest absolute Gasteiger partial charge is 0.428 e. The zero-order chi connectivity index (χ0) is 9.68. The molecule has 0 saturated carbocycles. The summed E-state index contributed by atoms with van der Waals surface area (Å²) in [5.74, 6) is 0. The molecule has 2 rings (SSSR count). The van der Waals surface area contributed by atoms with Crippen LogP contribution in [0.15, 0.2) is 36.5 Å². The molecule has 0 aliphatic carbocycles. The minimum atomic E-state index is 0.750. The predicted molar refractivity (Wildman–Crippen MR) is 53.9 cm³/mol. The first-order valence-corrected chi connectivity index (χ1v) is 4.25. The van der Waals surface area contributed by atoms with Crippen molar-refractivity contribution < 1.29 is 5.21 Å². The van der Waals surface area contributed by atoms with Crippen LogP contribution in [0.1, 0.15) is 6.92 Å². The second-order valence-corrected chi connectivity index (χ2v) is 2.63. The highest BCUT2D eigenvalue weighted by atomic mass is 16.5. The summed E-state index contributed by atoms with van der Waals surface area (Å²) in [6, 6.07) is 9.55. The third kappa shape index (κ3) is 2.23. The second kappa shape index (κ2) is 4.52. The molecule has 3 nitrogen and oxygen atoms in total. The van der Waals surface area contributed by atoms with E-state index in [1.165, 1.54) is 0 Å². The van der Waals surface area contributed by atoms with E-state index in [-0.39, 0.29) is 0 Å². The van der Waals surface area contributed by atoms with Crippen LogP contribution in [0, 0.1) is 0 Å². The lowest BCUT2D eigenvalue weighted by Gasteiger charge is -1.91. The monoisotopic (exact) mass is 178 g/mol. The number of hydrogen-bond donors (Lipinski definition) is 2. The molecule has 1 aromatic heterocycles. The Morgan fingerprint density at radius 3 is 2.54 bits per heavy atom. The van der Waals surface area contributed by atoms with Gasteiger partial charge >= 0.3 is 0 Å². The van der Waals surface area contributed by atoms with Gasteiger partial charge in [-0.25, -0.2) is 0 Å². The summed E-state index contributed by atoms with van der Waals surface area (Å²) < 4.78 is 1.12. The topological polar surface area (TPSA) is 51.2 Å². The van der Waals surface area contributed by atoms with Gasteiger partial charge in [0.05, 0.1) is 5.52 Å². The van der Waals surface area contributed by atoms with E-state index in [0.717, 1.165) is 22.2 Å². The van der Waals surface area contributed by atoms with E-state index < -0.39 is 0 Å². The average Bonchev–Trinajstić information content (AvgIpc) is 2.50. The molecular formula is C10H14N2O. The van der Waals surface area contributed by atoms with Crippen LogP contribution < -0.4 is 5.73 Å². The summed E-state index contributed by atoms with van der Waals surface area (Å²) in [6.45, 7) is 2.65. The Hall–Kier alpha value is -1.48. The highest BCUT2D eigenvalue weighted by Crippen LogP contribution is 2.12. The summed E-state index contributed by atoms with van der Waals surface area (Å²) >= 11 is 0. The van der Waals surface area contributed by atoms with Crippen LogP contribution in [0.5, 0.6) is 0 Å². The van der Waals surface area contributed by atoms with Crippen LogP contribution in [0.4, 0.5) is 0 Å². The third-order valence-electron chi connectivity index (χ3n) is 1.58. The van der Waals surface area contributed by atoms with Gasteiger partial charge in [0.25, 0.3) is 0 Å². The van der Waals surface area contributed by atoms with Crippen LogP contribution in [0.2, 0.25) is 0 Å². The number of rotatable bonds is 0. The van der Waals surface area contributed by atoms with Crippen LogP contribution in [-0.2, 0) is 0 Å². The summed E-state index contributed by atoms with van der Waals surface area (Å²) in [6.07, 6.45) is 1.63. The van der Waals surface area contributed by atoms with E-state index in [4.69, 9.17) is 10.9 Å². The predicted octanol–water partition coefficient (Wildman–Crippen LogP) is 1.84. The van der Waals surface area contributed by atoms with Gasteiger partial charge in [-0.1, -0.05) is 25.1 Å². The molecule has 0 atom stereocenters. The molecule has 0 amide bonds. The average molecular weight is 178 g/mol. The summed E-state index contributed by atoms with van der Waals surface area (Å²) in [7, 11) is 0. The fraction of sp³-hybridized carbons (Fsp3) is 0.200. The Labute approximate surface area is 77.4 Å². The van der Waals surface area contributed by atoms with Crippen molar-refractivity contribution in [3.63, 3.8) is 0 Å². The Balaban J connectivity index is 0.000000251. The molecule has 0 unspecified atom stereocenters. The van der Waals surface area contributed by atoms with E-state index in [1.54, 1.807) is 6.20 Å². The van der Waals surface area contributed by atoms with Crippen molar-refractivity contribution in [2.75, 3.05) is 6.54 Å². The second-order valence-electron chi connectivity index (χ2n) is 2.63. The highest BCUT2D eigenvalue weighted by Gasteiger charge is 1.94. The van der Waals surface area contributed by atoms with Gasteiger partial charge < -0.3 is 10.9 Å². The normalized spacial score (nSPS) is 9.38. The Kier molecular flexibility index (Phi) is 3.34. The number of nitrogens with two attached hydrogens (primary N) is 1. The number of nitrogens with zero attached hydrogens (tertiary/aromatic N) is 1. The van der Waals surface area contributed by atoms with Crippen LogP contribution in [0.25, 0.3) is 10.9 Å². The van der Waals surface area contributed by atoms with E-state index in [2.05, 4.69) is 0 Å². The molecule has 0 aliphatic heterocycles. The molecule has 2 aromatic rings. The van der Waals surface area contributed by atoms with Gasteiger partial charge in [0.15, 0.2) is 0 Å². The van der Waals surface area contributed by atoms with Gasteiger partial charge in [0, 0.05) is 11.6 Å². The minimum absolute atomic E-state index is 0.750. The number of benzene rings is 1. The zero-order valence-electron chi connectivity index (χ0n) is 7.64. The maximum atomic E-state index is 9.13. The van der Waals surface area contributed by atoms with Crippen LogP contribution in [0.3, 0.4) is 0 Å². The number of fused-ring (bicyclic) bond motifs is 1. The molecular weight excluding hydrogens is 164 g/mol. The van der Waals surface area contributed by atoms with Crippen LogP contribution in [-0.4, -0.2) is 16.5 Å². The molecule has 3 heteroatoms. The lowest BCUT2D eigenvalue weighted by molar-refractivity contribution is 0.200. The van der Waals surface area contributed by atoms with Gasteiger partial charge in [0.2, 0.25) is 0 Å². The van der Waals surface area contributed by atoms with Crippen molar-refractivity contribution in [3.05, 3.63) is 36.5 Å². The summed E-state index contributed by atoms with van der Waals surface area (Å²) in [5.41, 5.74) is 5.70. The zero-order valence-corrected chi connectivity index (χ0v) is 7.64. The van der Waals surface area contributed by atoms with Gasteiger partial charge in [0.1, 0.15) is 0 Å². The van der Waals surface area contributed by atoms with Crippen molar-refractivity contribution in [2.24, 2.45) is 5.73 Å². The summed E-state index contributed by atoms with van der Waals surface area (Å²) in [5, 5.41) is 10.2. The number of aromatic nitrogens is 1. The first-order valence-electron chi connectivity index (χ1n) is 4.25. The fourth-order valence-electron chi connectivity index (χ4n) is 1.07. The highest BCUT2D eigenvalue weighted by molar-refractivity contribution is 5.79. The standard InChI is InChI=1S/C8H7NO.C2H7N/c10-9-6-5-7-3-1-2-4-8(7)9;1-2-3/h1-6,10H;2-3H2,1H3.